The molecule has 0 radical (unpaired) electrons. The third-order valence-corrected chi connectivity index (χ3v) is 3.92. The summed E-state index contributed by atoms with van der Waals surface area (Å²) in [4.78, 5) is 28.5. The van der Waals surface area contributed by atoms with Crippen LogP contribution in [0, 0.1) is 13.8 Å². The first kappa shape index (κ1) is 16.9. The molecule has 2 rings (SSSR count). The molecule has 0 saturated heterocycles. The van der Waals surface area contributed by atoms with Crippen molar-refractivity contribution in [2.24, 2.45) is 0 Å². The number of hydrogen-bond acceptors (Lipinski definition) is 3. The lowest BCUT2D eigenvalue weighted by Gasteiger charge is -2.11. The van der Waals surface area contributed by atoms with Crippen LogP contribution in [0.1, 0.15) is 36.6 Å². The van der Waals surface area contributed by atoms with E-state index in [0.29, 0.717) is 0 Å². The van der Waals surface area contributed by atoms with Gasteiger partial charge in [-0.1, -0.05) is 25.5 Å². The molecule has 1 aromatic heterocycles. The first-order valence-electron chi connectivity index (χ1n) is 7.92. The molecule has 0 aliphatic rings. The Labute approximate surface area is 136 Å². The summed E-state index contributed by atoms with van der Waals surface area (Å²) in [7, 11) is 0. The van der Waals surface area contributed by atoms with Gasteiger partial charge in [-0.2, -0.15) is 0 Å². The number of aromatic nitrogens is 2. The lowest BCUT2D eigenvalue weighted by molar-refractivity contribution is -0.116. The number of carbonyl (C=O) groups is 1. The van der Waals surface area contributed by atoms with Gasteiger partial charge in [0.05, 0.1) is 6.33 Å². The highest BCUT2D eigenvalue weighted by Gasteiger charge is 2.08. The fraction of sp³-hybridized carbons (Fsp3) is 0.389. The van der Waals surface area contributed by atoms with E-state index in [-0.39, 0.29) is 18.0 Å². The van der Waals surface area contributed by atoms with Crippen LogP contribution in [-0.4, -0.2) is 15.5 Å². The number of anilines is 1. The van der Waals surface area contributed by atoms with Gasteiger partial charge in [0.25, 0.3) is 5.56 Å². The number of carbonyl (C=O) groups excluding carboxylic acids is 1. The van der Waals surface area contributed by atoms with Crippen molar-refractivity contribution in [3.8, 4) is 0 Å². The Morgan fingerprint density at radius 3 is 2.78 bits per heavy atom. The van der Waals surface area contributed by atoms with Gasteiger partial charge in [0.15, 0.2) is 0 Å². The first-order chi connectivity index (χ1) is 11.0. The van der Waals surface area contributed by atoms with Gasteiger partial charge in [-0.05, 0) is 43.9 Å². The van der Waals surface area contributed by atoms with E-state index in [2.05, 4.69) is 17.2 Å². The van der Waals surface area contributed by atoms with E-state index in [1.54, 1.807) is 0 Å². The van der Waals surface area contributed by atoms with Crippen LogP contribution < -0.4 is 10.9 Å². The largest absolute Gasteiger partial charge is 0.324 e. The second-order valence-electron chi connectivity index (χ2n) is 5.75. The molecule has 0 saturated carbocycles. The molecule has 5 nitrogen and oxygen atoms in total. The highest BCUT2D eigenvalue weighted by Crippen LogP contribution is 2.17. The lowest BCUT2D eigenvalue weighted by Crippen LogP contribution is -2.28. The van der Waals surface area contributed by atoms with E-state index in [1.807, 2.05) is 32.0 Å². The Balaban J connectivity index is 2.05. The number of nitrogens with zero attached hydrogens (tertiary/aromatic N) is 2. The third kappa shape index (κ3) is 4.52. The van der Waals surface area contributed by atoms with Crippen molar-refractivity contribution in [1.29, 1.82) is 0 Å². The second-order valence-corrected chi connectivity index (χ2v) is 5.75. The lowest BCUT2D eigenvalue weighted by atomic mass is 10.1. The SMILES string of the molecule is CCCCc1cc(=O)n(CC(=O)Nc2cccc(C)c2C)cn1. The van der Waals surface area contributed by atoms with Gasteiger partial charge >= 0.3 is 0 Å². The van der Waals surface area contributed by atoms with Crippen molar-refractivity contribution >= 4 is 11.6 Å². The topological polar surface area (TPSA) is 64.0 Å². The summed E-state index contributed by atoms with van der Waals surface area (Å²) in [6, 6.07) is 7.26. The smallest absolute Gasteiger partial charge is 0.253 e. The van der Waals surface area contributed by atoms with E-state index in [9.17, 15) is 9.59 Å². The molecule has 0 spiro atoms. The molecule has 0 fully saturated rings. The maximum atomic E-state index is 12.2. The normalized spacial score (nSPS) is 10.6. The average Bonchev–Trinajstić information content (AvgIpc) is 2.52. The Kier molecular flexibility index (Phi) is 5.68. The number of amides is 1. The minimum Gasteiger partial charge on any atom is -0.324 e. The fourth-order valence-corrected chi connectivity index (χ4v) is 2.31. The van der Waals surface area contributed by atoms with Crippen molar-refractivity contribution in [3.05, 3.63) is 57.8 Å². The van der Waals surface area contributed by atoms with E-state index in [4.69, 9.17) is 0 Å². The fourth-order valence-electron chi connectivity index (χ4n) is 2.31. The molecular formula is C18H23N3O2. The molecule has 1 amide bonds. The molecular weight excluding hydrogens is 290 g/mol. The van der Waals surface area contributed by atoms with Crippen LogP contribution in [0.2, 0.25) is 0 Å². The van der Waals surface area contributed by atoms with E-state index < -0.39 is 0 Å². The minimum atomic E-state index is -0.232. The Bertz CT molecular complexity index is 750. The maximum Gasteiger partial charge on any atom is 0.253 e. The number of benzene rings is 1. The summed E-state index contributed by atoms with van der Waals surface area (Å²) in [5.74, 6) is -0.232. The third-order valence-electron chi connectivity index (χ3n) is 3.92. The standard InChI is InChI=1S/C18H23N3O2/c1-4-5-8-15-10-18(23)21(12-19-15)11-17(22)20-16-9-6-7-13(2)14(16)3/h6-7,9-10,12H,4-5,8,11H2,1-3H3,(H,20,22). The zero-order valence-corrected chi connectivity index (χ0v) is 13.9. The molecule has 2 aromatic rings. The zero-order valence-electron chi connectivity index (χ0n) is 13.9. The second kappa shape index (κ2) is 7.72. The summed E-state index contributed by atoms with van der Waals surface area (Å²) in [5.41, 5.74) is 3.50. The summed E-state index contributed by atoms with van der Waals surface area (Å²) >= 11 is 0. The quantitative estimate of drug-likeness (QED) is 0.892. The van der Waals surface area contributed by atoms with Gasteiger partial charge in [0, 0.05) is 17.4 Å². The van der Waals surface area contributed by atoms with Crippen LogP contribution >= 0.6 is 0 Å². The van der Waals surface area contributed by atoms with Crippen molar-refractivity contribution < 1.29 is 4.79 Å². The predicted octanol–water partition coefficient (Wildman–Crippen LogP) is 2.84. The molecule has 1 heterocycles. The van der Waals surface area contributed by atoms with Crippen LogP contribution in [-0.2, 0) is 17.8 Å². The number of unbranched alkanes of at least 4 members (excludes halogenated alkanes) is 1. The van der Waals surface area contributed by atoms with Crippen LogP contribution in [0.5, 0.6) is 0 Å². The molecule has 1 N–H and O–H groups in total. The molecule has 0 aliphatic heterocycles. The molecule has 0 bridgehead atoms. The number of rotatable bonds is 6. The number of hydrogen-bond donors (Lipinski definition) is 1. The molecule has 23 heavy (non-hydrogen) atoms. The summed E-state index contributed by atoms with van der Waals surface area (Å²) in [6.45, 7) is 6.02. The van der Waals surface area contributed by atoms with Crippen molar-refractivity contribution in [3.63, 3.8) is 0 Å². The minimum absolute atomic E-state index is 0.0345. The van der Waals surface area contributed by atoms with Gasteiger partial charge < -0.3 is 5.32 Å². The zero-order chi connectivity index (χ0) is 16.8. The summed E-state index contributed by atoms with van der Waals surface area (Å²) < 4.78 is 1.33. The number of aryl methyl sites for hydroxylation is 2. The number of nitrogens with one attached hydrogen (secondary N) is 1. The van der Waals surface area contributed by atoms with Crippen molar-refractivity contribution in [2.75, 3.05) is 5.32 Å². The van der Waals surface area contributed by atoms with E-state index in [1.165, 1.54) is 17.0 Å². The highest BCUT2D eigenvalue weighted by atomic mass is 16.2. The highest BCUT2D eigenvalue weighted by molar-refractivity contribution is 5.91. The molecule has 0 unspecified atom stereocenters. The Hall–Kier alpha value is -2.43. The Morgan fingerprint density at radius 2 is 2.09 bits per heavy atom. The summed E-state index contributed by atoms with van der Waals surface area (Å²) in [6.07, 6.45) is 4.31. The molecule has 0 aliphatic carbocycles. The van der Waals surface area contributed by atoms with Crippen LogP contribution in [0.3, 0.4) is 0 Å². The van der Waals surface area contributed by atoms with E-state index in [0.717, 1.165) is 41.8 Å². The first-order valence-corrected chi connectivity index (χ1v) is 7.92. The van der Waals surface area contributed by atoms with Crippen LogP contribution in [0.4, 0.5) is 5.69 Å². The van der Waals surface area contributed by atoms with Crippen molar-refractivity contribution in [1.82, 2.24) is 9.55 Å². The van der Waals surface area contributed by atoms with Gasteiger partial charge in [-0.15, -0.1) is 0 Å². The van der Waals surface area contributed by atoms with Crippen LogP contribution in [0.15, 0.2) is 35.4 Å². The summed E-state index contributed by atoms with van der Waals surface area (Å²) in [5, 5.41) is 2.85. The average molecular weight is 313 g/mol. The molecule has 5 heteroatoms. The van der Waals surface area contributed by atoms with E-state index >= 15 is 0 Å². The van der Waals surface area contributed by atoms with Gasteiger partial charge in [0.2, 0.25) is 5.91 Å². The van der Waals surface area contributed by atoms with Gasteiger partial charge in [0.1, 0.15) is 6.54 Å². The maximum absolute atomic E-state index is 12.2. The molecule has 0 atom stereocenters. The molecule has 1 aromatic carbocycles. The van der Waals surface area contributed by atoms with Crippen LogP contribution in [0.25, 0.3) is 0 Å². The molecule has 122 valence electrons. The Morgan fingerprint density at radius 1 is 1.30 bits per heavy atom. The van der Waals surface area contributed by atoms with Gasteiger partial charge in [-0.25, -0.2) is 4.98 Å². The monoisotopic (exact) mass is 313 g/mol. The predicted molar refractivity (Wildman–Crippen MR) is 91.7 cm³/mol. The van der Waals surface area contributed by atoms with Crippen molar-refractivity contribution in [2.45, 2.75) is 46.6 Å². The van der Waals surface area contributed by atoms with Gasteiger partial charge in [-0.3, -0.25) is 14.2 Å².